The van der Waals surface area contributed by atoms with Gasteiger partial charge in [-0.15, -0.1) is 0 Å². The Morgan fingerprint density at radius 2 is 1.92 bits per heavy atom. The molecular weight excluding hydrogens is 343 g/mol. The van der Waals surface area contributed by atoms with Crippen molar-refractivity contribution in [1.82, 2.24) is 10.2 Å². The number of benzene rings is 1. The van der Waals surface area contributed by atoms with E-state index in [1.165, 1.54) is 17.0 Å². The van der Waals surface area contributed by atoms with Crippen molar-refractivity contribution < 1.29 is 18.8 Å². The minimum absolute atomic E-state index is 0.000717. The molecule has 136 valence electrons. The largest absolute Gasteiger partial charge is 0.350 e. The van der Waals surface area contributed by atoms with Gasteiger partial charge in [-0.1, -0.05) is 23.9 Å². The van der Waals surface area contributed by atoms with Gasteiger partial charge in [0.1, 0.15) is 5.82 Å². The quantitative estimate of drug-likeness (QED) is 0.869. The molecule has 0 saturated carbocycles. The van der Waals surface area contributed by atoms with E-state index in [-0.39, 0.29) is 42.3 Å². The van der Waals surface area contributed by atoms with E-state index in [0.717, 1.165) is 17.3 Å². The summed E-state index contributed by atoms with van der Waals surface area (Å²) >= 11 is 1.15. The normalized spacial score (nSPS) is 17.4. The lowest BCUT2D eigenvalue weighted by molar-refractivity contribution is -0.140. The van der Waals surface area contributed by atoms with Crippen LogP contribution < -0.4 is 5.32 Å². The molecule has 1 aromatic rings. The Morgan fingerprint density at radius 1 is 1.28 bits per heavy atom. The van der Waals surface area contributed by atoms with Crippen molar-refractivity contribution in [3.05, 3.63) is 35.6 Å². The predicted molar refractivity (Wildman–Crippen MR) is 95.3 cm³/mol. The van der Waals surface area contributed by atoms with Crippen molar-refractivity contribution in [3.63, 3.8) is 0 Å². The van der Waals surface area contributed by atoms with Gasteiger partial charge in [-0.3, -0.25) is 14.4 Å². The van der Waals surface area contributed by atoms with Gasteiger partial charge in [-0.05, 0) is 38.5 Å². The number of amides is 2. The van der Waals surface area contributed by atoms with Crippen LogP contribution >= 0.6 is 11.8 Å². The maximum absolute atomic E-state index is 13.1. The van der Waals surface area contributed by atoms with E-state index in [0.29, 0.717) is 5.75 Å². The molecule has 1 N–H and O–H groups in total. The minimum Gasteiger partial charge on any atom is -0.350 e. The summed E-state index contributed by atoms with van der Waals surface area (Å²) in [5, 5.41) is 2.83. The SMILES string of the molecule is CC(C)(C)NC(=O)CN(Cc1ccc(F)cc1)C(=O)C1CSC(=O)C1. The Bertz CT molecular complexity index is 655. The minimum atomic E-state index is -0.402. The molecule has 1 aliphatic rings. The molecule has 1 atom stereocenters. The third-order valence-corrected chi connectivity index (χ3v) is 4.71. The zero-order valence-corrected chi connectivity index (χ0v) is 15.5. The lowest BCUT2D eigenvalue weighted by Crippen LogP contribution is -2.48. The second-order valence-electron chi connectivity index (χ2n) is 7.20. The van der Waals surface area contributed by atoms with E-state index in [1.807, 2.05) is 20.8 Å². The number of carbonyl (C=O) groups excluding carboxylic acids is 3. The number of carbonyl (C=O) groups is 3. The third-order valence-electron chi connectivity index (χ3n) is 3.66. The summed E-state index contributed by atoms with van der Waals surface area (Å²) < 4.78 is 13.1. The average Bonchev–Trinajstić information content (AvgIpc) is 2.92. The maximum Gasteiger partial charge on any atom is 0.240 e. The molecule has 1 aromatic carbocycles. The van der Waals surface area contributed by atoms with Crippen LogP contribution in [0.25, 0.3) is 0 Å². The lowest BCUT2D eigenvalue weighted by Gasteiger charge is -2.27. The van der Waals surface area contributed by atoms with Crippen LogP contribution in [0.15, 0.2) is 24.3 Å². The summed E-state index contributed by atoms with van der Waals surface area (Å²) in [7, 11) is 0. The number of nitrogens with zero attached hydrogens (tertiary/aromatic N) is 1. The van der Waals surface area contributed by atoms with Gasteiger partial charge in [0.05, 0.1) is 12.5 Å². The molecule has 0 spiro atoms. The van der Waals surface area contributed by atoms with Crippen molar-refractivity contribution in [2.24, 2.45) is 5.92 Å². The Labute approximate surface area is 151 Å². The smallest absolute Gasteiger partial charge is 0.240 e. The summed E-state index contributed by atoms with van der Waals surface area (Å²) in [6, 6.07) is 5.82. The van der Waals surface area contributed by atoms with Crippen molar-refractivity contribution in [2.45, 2.75) is 39.3 Å². The molecule has 1 fully saturated rings. The van der Waals surface area contributed by atoms with Crippen LogP contribution in [-0.4, -0.2) is 39.7 Å². The standard InChI is InChI=1S/C18H23FN2O3S/c1-18(2,3)20-15(22)10-21(9-12-4-6-14(19)7-5-12)17(24)13-8-16(23)25-11-13/h4-7,13H,8-11H2,1-3H3,(H,20,22). The molecule has 1 saturated heterocycles. The predicted octanol–water partition coefficient (Wildman–Crippen LogP) is 2.35. The number of hydrogen-bond donors (Lipinski definition) is 1. The number of hydrogen-bond acceptors (Lipinski definition) is 4. The van der Waals surface area contributed by atoms with Crippen LogP contribution in [-0.2, 0) is 20.9 Å². The molecule has 1 unspecified atom stereocenters. The van der Waals surface area contributed by atoms with Gasteiger partial charge in [0.2, 0.25) is 11.8 Å². The average molecular weight is 366 g/mol. The molecule has 0 bridgehead atoms. The van der Waals surface area contributed by atoms with Crippen molar-refractivity contribution in [3.8, 4) is 0 Å². The highest BCUT2D eigenvalue weighted by Gasteiger charge is 2.33. The number of rotatable bonds is 5. The highest BCUT2D eigenvalue weighted by atomic mass is 32.2. The second-order valence-corrected chi connectivity index (χ2v) is 8.28. The number of nitrogens with one attached hydrogen (secondary N) is 1. The summed E-state index contributed by atoms with van der Waals surface area (Å²) in [6.07, 6.45) is 0.199. The van der Waals surface area contributed by atoms with Gasteiger partial charge in [-0.2, -0.15) is 0 Å². The van der Waals surface area contributed by atoms with Crippen LogP contribution in [0.3, 0.4) is 0 Å². The fourth-order valence-corrected chi connectivity index (χ4v) is 3.55. The van der Waals surface area contributed by atoms with E-state index < -0.39 is 11.5 Å². The van der Waals surface area contributed by atoms with Crippen LogP contribution in [0.2, 0.25) is 0 Å². The molecule has 2 rings (SSSR count). The summed E-state index contributed by atoms with van der Waals surface area (Å²) in [4.78, 5) is 37.9. The zero-order valence-electron chi connectivity index (χ0n) is 14.7. The molecule has 1 heterocycles. The molecule has 0 aliphatic carbocycles. The lowest BCUT2D eigenvalue weighted by atomic mass is 10.1. The first-order chi connectivity index (χ1) is 11.6. The molecule has 5 nitrogen and oxygen atoms in total. The first-order valence-corrected chi connectivity index (χ1v) is 9.12. The topological polar surface area (TPSA) is 66.5 Å². The summed E-state index contributed by atoms with van der Waals surface area (Å²) in [5.74, 6) is -0.796. The Morgan fingerprint density at radius 3 is 2.44 bits per heavy atom. The highest BCUT2D eigenvalue weighted by molar-refractivity contribution is 8.14. The summed E-state index contributed by atoms with van der Waals surface area (Å²) in [5.41, 5.74) is 0.330. The Hall–Kier alpha value is -1.89. The zero-order chi connectivity index (χ0) is 18.6. The molecule has 2 amide bonds. The first-order valence-electron chi connectivity index (χ1n) is 8.14. The van der Waals surface area contributed by atoms with Gasteiger partial charge >= 0.3 is 0 Å². The van der Waals surface area contributed by atoms with Crippen molar-refractivity contribution in [1.29, 1.82) is 0 Å². The van der Waals surface area contributed by atoms with Gasteiger partial charge in [0.25, 0.3) is 0 Å². The number of thioether (sulfide) groups is 1. The molecule has 7 heteroatoms. The van der Waals surface area contributed by atoms with Gasteiger partial charge in [0, 0.05) is 24.3 Å². The first kappa shape index (κ1) is 19.4. The van der Waals surface area contributed by atoms with Crippen molar-refractivity contribution >= 4 is 28.7 Å². The van der Waals surface area contributed by atoms with E-state index in [9.17, 15) is 18.8 Å². The van der Waals surface area contributed by atoms with E-state index in [4.69, 9.17) is 0 Å². The third kappa shape index (κ3) is 6.16. The maximum atomic E-state index is 13.1. The van der Waals surface area contributed by atoms with Crippen LogP contribution in [0.5, 0.6) is 0 Å². The van der Waals surface area contributed by atoms with E-state index >= 15 is 0 Å². The molecule has 0 aromatic heterocycles. The van der Waals surface area contributed by atoms with Crippen LogP contribution in [0, 0.1) is 11.7 Å². The molecule has 0 radical (unpaired) electrons. The second kappa shape index (κ2) is 7.99. The van der Waals surface area contributed by atoms with Gasteiger partial charge in [-0.25, -0.2) is 4.39 Å². The van der Waals surface area contributed by atoms with E-state index in [1.54, 1.807) is 12.1 Å². The molecule has 1 aliphatic heterocycles. The van der Waals surface area contributed by atoms with Gasteiger partial charge in [0.15, 0.2) is 5.12 Å². The van der Waals surface area contributed by atoms with Crippen molar-refractivity contribution in [2.75, 3.05) is 12.3 Å². The van der Waals surface area contributed by atoms with Crippen LogP contribution in [0.4, 0.5) is 4.39 Å². The number of halogens is 1. The molecular formula is C18H23FN2O3S. The van der Waals surface area contributed by atoms with Gasteiger partial charge < -0.3 is 10.2 Å². The Balaban J connectivity index is 2.12. The fourth-order valence-electron chi connectivity index (χ4n) is 2.58. The monoisotopic (exact) mass is 366 g/mol. The van der Waals surface area contributed by atoms with E-state index in [2.05, 4.69) is 5.32 Å². The highest BCUT2D eigenvalue weighted by Crippen LogP contribution is 2.27. The Kier molecular flexibility index (Phi) is 6.21. The summed E-state index contributed by atoms with van der Waals surface area (Å²) in [6.45, 7) is 5.70. The molecule has 25 heavy (non-hydrogen) atoms. The fraction of sp³-hybridized carbons (Fsp3) is 0.500. The van der Waals surface area contributed by atoms with Crippen LogP contribution in [0.1, 0.15) is 32.8 Å².